The maximum atomic E-state index is 5.81. The lowest BCUT2D eigenvalue weighted by atomic mass is 10.3. The standard InChI is InChI=1S/C10H15ClN2S/c1-2-13-5-6-14-10-4-3-8(11)7-9(10)12/h3-4,7,13H,2,5-6,12H2,1H3. The molecule has 0 unspecified atom stereocenters. The van der Waals surface area contributed by atoms with Gasteiger partial charge in [-0.25, -0.2) is 0 Å². The van der Waals surface area contributed by atoms with Crippen LogP contribution in [-0.4, -0.2) is 18.8 Å². The highest BCUT2D eigenvalue weighted by atomic mass is 35.5. The number of benzene rings is 1. The molecule has 0 spiro atoms. The number of nitrogens with two attached hydrogens (primary N) is 1. The number of nitrogen functional groups attached to an aromatic ring is 1. The number of hydrogen-bond donors (Lipinski definition) is 2. The minimum Gasteiger partial charge on any atom is -0.398 e. The van der Waals surface area contributed by atoms with Crippen LogP contribution in [0.2, 0.25) is 5.02 Å². The van der Waals surface area contributed by atoms with Crippen LogP contribution in [-0.2, 0) is 0 Å². The average molecular weight is 231 g/mol. The third kappa shape index (κ3) is 3.78. The lowest BCUT2D eigenvalue weighted by molar-refractivity contribution is 0.768. The molecule has 0 saturated heterocycles. The molecule has 0 aliphatic heterocycles. The number of thioether (sulfide) groups is 1. The van der Waals surface area contributed by atoms with Crippen LogP contribution in [0.4, 0.5) is 5.69 Å². The first-order valence-electron chi connectivity index (χ1n) is 4.62. The zero-order valence-electron chi connectivity index (χ0n) is 8.22. The minimum atomic E-state index is 0.693. The second kappa shape index (κ2) is 6.17. The fourth-order valence-corrected chi connectivity index (χ4v) is 2.10. The van der Waals surface area contributed by atoms with Gasteiger partial charge in [-0.2, -0.15) is 0 Å². The molecule has 1 rings (SSSR count). The third-order valence-electron chi connectivity index (χ3n) is 1.76. The highest BCUT2D eigenvalue weighted by Crippen LogP contribution is 2.27. The van der Waals surface area contributed by atoms with E-state index in [2.05, 4.69) is 12.2 Å². The molecular formula is C10H15ClN2S. The van der Waals surface area contributed by atoms with Crippen molar-refractivity contribution in [2.75, 3.05) is 24.6 Å². The van der Waals surface area contributed by atoms with Crippen molar-refractivity contribution in [2.24, 2.45) is 0 Å². The van der Waals surface area contributed by atoms with E-state index in [1.807, 2.05) is 12.1 Å². The second-order valence-electron chi connectivity index (χ2n) is 2.88. The lowest BCUT2D eigenvalue weighted by Crippen LogP contribution is -2.15. The fourth-order valence-electron chi connectivity index (χ4n) is 1.06. The van der Waals surface area contributed by atoms with Gasteiger partial charge in [0, 0.05) is 27.9 Å². The van der Waals surface area contributed by atoms with Gasteiger partial charge in [0.2, 0.25) is 0 Å². The summed E-state index contributed by atoms with van der Waals surface area (Å²) in [7, 11) is 0. The van der Waals surface area contributed by atoms with Gasteiger partial charge in [-0.1, -0.05) is 18.5 Å². The van der Waals surface area contributed by atoms with E-state index >= 15 is 0 Å². The summed E-state index contributed by atoms with van der Waals surface area (Å²) in [6.45, 7) is 4.11. The zero-order valence-corrected chi connectivity index (χ0v) is 9.79. The maximum absolute atomic E-state index is 5.81. The molecule has 14 heavy (non-hydrogen) atoms. The fraction of sp³-hybridized carbons (Fsp3) is 0.400. The molecule has 0 aliphatic carbocycles. The first-order valence-corrected chi connectivity index (χ1v) is 5.99. The van der Waals surface area contributed by atoms with Crippen molar-refractivity contribution in [3.63, 3.8) is 0 Å². The first kappa shape index (κ1) is 11.7. The van der Waals surface area contributed by atoms with Crippen molar-refractivity contribution in [1.82, 2.24) is 5.32 Å². The molecule has 4 heteroatoms. The van der Waals surface area contributed by atoms with Gasteiger partial charge in [0.15, 0.2) is 0 Å². The maximum Gasteiger partial charge on any atom is 0.0467 e. The highest BCUT2D eigenvalue weighted by Gasteiger charge is 1.99. The number of hydrogen-bond acceptors (Lipinski definition) is 3. The summed E-state index contributed by atoms with van der Waals surface area (Å²) in [6.07, 6.45) is 0. The van der Waals surface area contributed by atoms with E-state index in [1.165, 1.54) is 0 Å². The van der Waals surface area contributed by atoms with Crippen molar-refractivity contribution in [3.8, 4) is 0 Å². The molecule has 0 bridgehead atoms. The van der Waals surface area contributed by atoms with Crippen LogP contribution >= 0.6 is 23.4 Å². The van der Waals surface area contributed by atoms with Crippen molar-refractivity contribution in [3.05, 3.63) is 23.2 Å². The van der Waals surface area contributed by atoms with Gasteiger partial charge < -0.3 is 11.1 Å². The van der Waals surface area contributed by atoms with Crippen molar-refractivity contribution in [2.45, 2.75) is 11.8 Å². The van der Waals surface area contributed by atoms with Gasteiger partial charge in [-0.15, -0.1) is 11.8 Å². The quantitative estimate of drug-likeness (QED) is 0.464. The third-order valence-corrected chi connectivity index (χ3v) is 3.08. The Kier molecular flexibility index (Phi) is 5.15. The van der Waals surface area contributed by atoms with Gasteiger partial charge in [0.25, 0.3) is 0 Å². The Balaban J connectivity index is 2.42. The van der Waals surface area contributed by atoms with Gasteiger partial charge in [0.1, 0.15) is 0 Å². The molecule has 0 radical (unpaired) electrons. The van der Waals surface area contributed by atoms with E-state index in [-0.39, 0.29) is 0 Å². The number of rotatable bonds is 5. The smallest absolute Gasteiger partial charge is 0.0467 e. The summed E-state index contributed by atoms with van der Waals surface area (Å²) >= 11 is 7.55. The number of halogens is 1. The summed E-state index contributed by atoms with van der Waals surface area (Å²) in [6, 6.07) is 5.62. The molecule has 0 saturated carbocycles. The molecule has 3 N–H and O–H groups in total. The van der Waals surface area contributed by atoms with Crippen molar-refractivity contribution >= 4 is 29.1 Å². The molecule has 1 aromatic rings. The summed E-state index contributed by atoms with van der Waals surface area (Å²) in [4.78, 5) is 1.10. The van der Waals surface area contributed by atoms with E-state index in [0.29, 0.717) is 5.02 Å². The van der Waals surface area contributed by atoms with Crippen molar-refractivity contribution < 1.29 is 0 Å². The molecule has 0 heterocycles. The molecular weight excluding hydrogens is 216 g/mol. The summed E-state index contributed by atoms with van der Waals surface area (Å²) in [5.41, 5.74) is 6.57. The molecule has 0 atom stereocenters. The second-order valence-corrected chi connectivity index (χ2v) is 4.46. The van der Waals surface area contributed by atoms with Gasteiger partial charge in [-0.05, 0) is 24.7 Å². The Bertz CT molecular complexity index is 291. The number of anilines is 1. The van der Waals surface area contributed by atoms with Crippen LogP contribution in [0.3, 0.4) is 0 Å². The SMILES string of the molecule is CCNCCSc1ccc(Cl)cc1N. The van der Waals surface area contributed by atoms with Gasteiger partial charge >= 0.3 is 0 Å². The van der Waals surface area contributed by atoms with Crippen LogP contribution in [0, 0.1) is 0 Å². The Labute approximate surface area is 94.2 Å². The molecule has 0 fully saturated rings. The molecule has 2 nitrogen and oxygen atoms in total. The van der Waals surface area contributed by atoms with E-state index in [0.717, 1.165) is 29.4 Å². The number of nitrogens with one attached hydrogen (secondary N) is 1. The summed E-state index contributed by atoms with van der Waals surface area (Å²) in [5.74, 6) is 1.03. The van der Waals surface area contributed by atoms with E-state index in [4.69, 9.17) is 17.3 Å². The lowest BCUT2D eigenvalue weighted by Gasteiger charge is -2.05. The van der Waals surface area contributed by atoms with E-state index < -0.39 is 0 Å². The first-order chi connectivity index (χ1) is 6.74. The minimum absolute atomic E-state index is 0.693. The van der Waals surface area contributed by atoms with E-state index in [9.17, 15) is 0 Å². The molecule has 78 valence electrons. The topological polar surface area (TPSA) is 38.0 Å². The van der Waals surface area contributed by atoms with Gasteiger partial charge in [0.05, 0.1) is 0 Å². The van der Waals surface area contributed by atoms with Crippen LogP contribution in [0.25, 0.3) is 0 Å². The van der Waals surface area contributed by atoms with Crippen LogP contribution < -0.4 is 11.1 Å². The van der Waals surface area contributed by atoms with Crippen LogP contribution in [0.5, 0.6) is 0 Å². The van der Waals surface area contributed by atoms with Crippen LogP contribution in [0.1, 0.15) is 6.92 Å². The Morgan fingerprint density at radius 1 is 1.50 bits per heavy atom. The Morgan fingerprint density at radius 2 is 2.29 bits per heavy atom. The molecule has 0 amide bonds. The van der Waals surface area contributed by atoms with Crippen molar-refractivity contribution in [1.29, 1.82) is 0 Å². The highest BCUT2D eigenvalue weighted by molar-refractivity contribution is 7.99. The van der Waals surface area contributed by atoms with Crippen LogP contribution in [0.15, 0.2) is 23.1 Å². The average Bonchev–Trinajstić information content (AvgIpc) is 2.15. The summed E-state index contributed by atoms with van der Waals surface area (Å²) in [5, 5.41) is 3.95. The normalized spacial score (nSPS) is 10.4. The van der Waals surface area contributed by atoms with E-state index in [1.54, 1.807) is 17.8 Å². The largest absolute Gasteiger partial charge is 0.398 e. The predicted octanol–water partition coefficient (Wildman–Crippen LogP) is 2.62. The molecule has 0 aromatic heterocycles. The monoisotopic (exact) mass is 230 g/mol. The van der Waals surface area contributed by atoms with Gasteiger partial charge in [-0.3, -0.25) is 0 Å². The zero-order chi connectivity index (χ0) is 10.4. The predicted molar refractivity (Wildman–Crippen MR) is 65.1 cm³/mol. The molecule has 1 aromatic carbocycles. The molecule has 0 aliphatic rings. The Hall–Kier alpha value is -0.380. The summed E-state index contributed by atoms with van der Waals surface area (Å²) < 4.78 is 0. The Morgan fingerprint density at radius 3 is 2.93 bits per heavy atom.